The third kappa shape index (κ3) is 5.93. The van der Waals surface area contributed by atoms with E-state index in [1.54, 1.807) is 0 Å². The smallest absolute Gasteiger partial charge is 0.422 e. The molecule has 0 saturated carbocycles. The van der Waals surface area contributed by atoms with Crippen molar-refractivity contribution in [2.45, 2.75) is 12.3 Å². The average molecular weight is 387 g/mol. The van der Waals surface area contributed by atoms with E-state index in [1.807, 2.05) is 0 Å². The minimum Gasteiger partial charge on any atom is -0.483 e. The summed E-state index contributed by atoms with van der Waals surface area (Å²) in [5.41, 5.74) is -0.0355. The molecule has 146 valence electrons. The fourth-order valence-corrected chi connectivity index (χ4v) is 2.25. The molecule has 0 bridgehead atoms. The molecule has 3 rings (SSSR count). The second-order valence-electron chi connectivity index (χ2n) is 5.60. The van der Waals surface area contributed by atoms with E-state index >= 15 is 0 Å². The summed E-state index contributed by atoms with van der Waals surface area (Å²) in [6.07, 6.45) is -3.56. The summed E-state index contributed by atoms with van der Waals surface area (Å²) in [6.45, 7) is 0.128. The molecule has 11 heteroatoms. The fraction of sp³-hybridized carbons (Fsp3) is 0.438. The van der Waals surface area contributed by atoms with Crippen LogP contribution in [-0.2, 0) is 9.47 Å². The summed E-state index contributed by atoms with van der Waals surface area (Å²) in [7, 11) is 0. The second-order valence-corrected chi connectivity index (χ2v) is 5.60. The minimum atomic E-state index is -4.44. The van der Waals surface area contributed by atoms with Crippen LogP contribution in [0.3, 0.4) is 0 Å². The van der Waals surface area contributed by atoms with Gasteiger partial charge in [-0.05, 0) is 12.1 Å². The lowest BCUT2D eigenvalue weighted by Crippen LogP contribution is -2.33. The Bertz CT molecular complexity index is 804. The van der Waals surface area contributed by atoms with Gasteiger partial charge in [-0.2, -0.15) is 18.2 Å². The Morgan fingerprint density at radius 1 is 1.26 bits per heavy atom. The van der Waals surface area contributed by atoms with E-state index in [0.29, 0.717) is 31.2 Å². The van der Waals surface area contributed by atoms with Crippen molar-refractivity contribution in [1.82, 2.24) is 15.0 Å². The van der Waals surface area contributed by atoms with E-state index in [2.05, 4.69) is 19.7 Å². The summed E-state index contributed by atoms with van der Waals surface area (Å²) in [5, 5.41) is 0. The molecule has 1 N–H and O–H groups in total. The normalized spacial score (nSPS) is 17.5. The van der Waals surface area contributed by atoms with Gasteiger partial charge in [0, 0.05) is 6.07 Å². The predicted octanol–water partition coefficient (Wildman–Crippen LogP) is 1.57. The molecule has 3 heterocycles. The van der Waals surface area contributed by atoms with Crippen molar-refractivity contribution in [3.8, 4) is 23.0 Å². The van der Waals surface area contributed by atoms with Crippen LogP contribution < -0.4 is 15.2 Å². The van der Waals surface area contributed by atoms with Crippen LogP contribution in [0.1, 0.15) is 0 Å². The maximum atomic E-state index is 12.2. The maximum Gasteiger partial charge on any atom is 0.422 e. The third-order valence-electron chi connectivity index (χ3n) is 3.44. The Morgan fingerprint density at radius 3 is 2.78 bits per heavy atom. The number of nitrogens with zero attached hydrogens (tertiary/aromatic N) is 2. The van der Waals surface area contributed by atoms with Gasteiger partial charge in [0.25, 0.3) is 0 Å². The molecule has 0 radical (unpaired) electrons. The Labute approximate surface area is 151 Å². The topological polar surface area (TPSA) is 95.6 Å². The number of hydrogen-bond acceptors (Lipinski definition) is 7. The molecule has 2 aromatic rings. The zero-order valence-electron chi connectivity index (χ0n) is 14.0. The van der Waals surface area contributed by atoms with Gasteiger partial charge in [0.1, 0.15) is 18.5 Å². The molecule has 27 heavy (non-hydrogen) atoms. The highest BCUT2D eigenvalue weighted by Gasteiger charge is 2.28. The maximum absolute atomic E-state index is 12.2. The van der Waals surface area contributed by atoms with Crippen molar-refractivity contribution in [2.75, 3.05) is 33.0 Å². The fourth-order valence-electron chi connectivity index (χ4n) is 2.25. The molecular formula is C16H16F3N3O5. The number of ether oxygens (including phenoxy) is 4. The van der Waals surface area contributed by atoms with Crippen LogP contribution >= 0.6 is 0 Å². The molecule has 1 atom stereocenters. The number of hydrogen-bond donors (Lipinski definition) is 1. The largest absolute Gasteiger partial charge is 0.483 e. The van der Waals surface area contributed by atoms with Gasteiger partial charge in [0.15, 0.2) is 6.61 Å². The standard InChI is InChI=1S/C16H16F3N3O5/c17-16(18,19)9-27-10-1-2-12(20-6-10)13-5-14(22-15(23)21-13)26-8-11-7-24-3-4-25-11/h1-2,5-6,11H,3-4,7-9H2,(H,21,22,23). The first-order chi connectivity index (χ1) is 12.9. The summed E-state index contributed by atoms with van der Waals surface area (Å²) >= 11 is 0. The Hall–Kier alpha value is -2.66. The third-order valence-corrected chi connectivity index (χ3v) is 3.44. The minimum absolute atomic E-state index is 0.0431. The number of aromatic nitrogens is 3. The van der Waals surface area contributed by atoms with E-state index in [1.165, 1.54) is 18.2 Å². The summed E-state index contributed by atoms with van der Waals surface area (Å²) in [6, 6.07) is 4.20. The summed E-state index contributed by atoms with van der Waals surface area (Å²) in [4.78, 5) is 21.9. The number of halogens is 3. The van der Waals surface area contributed by atoms with Gasteiger partial charge in [-0.1, -0.05) is 0 Å². The van der Waals surface area contributed by atoms with Crippen molar-refractivity contribution in [2.24, 2.45) is 0 Å². The van der Waals surface area contributed by atoms with Gasteiger partial charge < -0.3 is 23.9 Å². The van der Waals surface area contributed by atoms with Crippen LogP contribution in [0.25, 0.3) is 11.4 Å². The Balaban J connectivity index is 1.67. The first-order valence-corrected chi connectivity index (χ1v) is 7.98. The monoisotopic (exact) mass is 387 g/mol. The molecule has 0 spiro atoms. The van der Waals surface area contributed by atoms with Gasteiger partial charge in [0.2, 0.25) is 5.88 Å². The van der Waals surface area contributed by atoms with E-state index in [-0.39, 0.29) is 24.3 Å². The number of alkyl halides is 3. The molecule has 0 aliphatic carbocycles. The van der Waals surface area contributed by atoms with Crippen LogP contribution in [0.2, 0.25) is 0 Å². The van der Waals surface area contributed by atoms with Crippen molar-refractivity contribution in [3.63, 3.8) is 0 Å². The van der Waals surface area contributed by atoms with Gasteiger partial charge in [-0.3, -0.25) is 4.98 Å². The van der Waals surface area contributed by atoms with E-state index < -0.39 is 18.5 Å². The van der Waals surface area contributed by atoms with E-state index in [0.717, 1.165) is 6.20 Å². The van der Waals surface area contributed by atoms with Crippen molar-refractivity contribution >= 4 is 0 Å². The quantitative estimate of drug-likeness (QED) is 0.804. The molecule has 1 fully saturated rings. The van der Waals surface area contributed by atoms with Gasteiger partial charge in [0.05, 0.1) is 37.4 Å². The summed E-state index contributed by atoms with van der Waals surface area (Å²) in [5.74, 6) is 0.0283. The second kappa shape index (κ2) is 8.35. The van der Waals surface area contributed by atoms with Crippen LogP contribution in [-0.4, -0.2) is 60.3 Å². The molecule has 1 saturated heterocycles. The molecular weight excluding hydrogens is 371 g/mol. The van der Waals surface area contributed by atoms with E-state index in [9.17, 15) is 18.0 Å². The van der Waals surface area contributed by atoms with Crippen LogP contribution in [0.5, 0.6) is 11.6 Å². The first-order valence-electron chi connectivity index (χ1n) is 7.98. The average Bonchev–Trinajstić information content (AvgIpc) is 2.65. The van der Waals surface area contributed by atoms with Gasteiger partial charge >= 0.3 is 11.9 Å². The number of aromatic amines is 1. The van der Waals surface area contributed by atoms with E-state index in [4.69, 9.17) is 14.2 Å². The van der Waals surface area contributed by atoms with Crippen LogP contribution in [0.4, 0.5) is 13.2 Å². The Kier molecular flexibility index (Phi) is 5.91. The molecule has 2 aromatic heterocycles. The molecule has 1 aliphatic heterocycles. The first kappa shape index (κ1) is 19.1. The van der Waals surface area contributed by atoms with Crippen LogP contribution in [0, 0.1) is 0 Å². The lowest BCUT2D eigenvalue weighted by Gasteiger charge is -2.22. The van der Waals surface area contributed by atoms with Crippen molar-refractivity contribution in [1.29, 1.82) is 0 Å². The molecule has 1 unspecified atom stereocenters. The lowest BCUT2D eigenvalue weighted by atomic mass is 10.2. The highest BCUT2D eigenvalue weighted by atomic mass is 19.4. The SMILES string of the molecule is O=c1nc(OCC2COCCO2)cc(-c2ccc(OCC(F)(F)F)cn2)[nH]1. The summed E-state index contributed by atoms with van der Waals surface area (Å²) < 4.78 is 57.2. The van der Waals surface area contributed by atoms with Crippen molar-refractivity contribution in [3.05, 3.63) is 34.9 Å². The number of H-pyrrole nitrogens is 1. The zero-order valence-corrected chi connectivity index (χ0v) is 14.0. The molecule has 0 aromatic carbocycles. The van der Waals surface area contributed by atoms with Crippen molar-refractivity contribution < 1.29 is 32.1 Å². The number of nitrogens with one attached hydrogen (secondary N) is 1. The van der Waals surface area contributed by atoms with Gasteiger partial charge in [-0.25, -0.2) is 4.79 Å². The highest BCUT2D eigenvalue weighted by molar-refractivity contribution is 5.55. The lowest BCUT2D eigenvalue weighted by molar-refractivity contribution is -0.153. The zero-order chi connectivity index (χ0) is 19.3. The molecule has 0 amide bonds. The molecule has 8 nitrogen and oxygen atoms in total. The number of rotatable bonds is 6. The number of pyridine rings is 1. The highest BCUT2D eigenvalue weighted by Crippen LogP contribution is 2.21. The van der Waals surface area contributed by atoms with Gasteiger partial charge in [-0.15, -0.1) is 0 Å². The Morgan fingerprint density at radius 2 is 2.11 bits per heavy atom. The van der Waals surface area contributed by atoms with Crippen LogP contribution in [0.15, 0.2) is 29.2 Å². The molecule has 1 aliphatic rings. The predicted molar refractivity (Wildman–Crippen MR) is 85.7 cm³/mol.